The van der Waals surface area contributed by atoms with Crippen molar-refractivity contribution in [1.82, 2.24) is 10.3 Å². The molecule has 0 unspecified atom stereocenters. The Balaban J connectivity index is 0.00000264. The van der Waals surface area contributed by atoms with E-state index in [0.717, 1.165) is 19.3 Å². The Morgan fingerprint density at radius 2 is 2.04 bits per heavy atom. The van der Waals surface area contributed by atoms with Crippen LogP contribution in [0.4, 0.5) is 5.69 Å². The molecule has 0 aliphatic rings. The monoisotopic (exact) mass is 371 g/mol. The number of ether oxygens (including phenoxy) is 1. The molecule has 0 radical (unpaired) electrons. The summed E-state index contributed by atoms with van der Waals surface area (Å²) in [6, 6.07) is 9.06. The van der Waals surface area contributed by atoms with Gasteiger partial charge in [-0.25, -0.2) is 0 Å². The number of anilines is 1. The molecule has 1 heterocycles. The van der Waals surface area contributed by atoms with Crippen molar-refractivity contribution in [2.75, 3.05) is 19.4 Å². The number of benzene rings is 1. The number of carbonyl (C=O) groups is 1. The second-order valence-electron chi connectivity index (χ2n) is 5.03. The first-order chi connectivity index (χ1) is 10.7. The predicted octanol–water partition coefficient (Wildman–Crippen LogP) is 3.27. The number of halogens is 2. The van der Waals surface area contributed by atoms with E-state index in [9.17, 15) is 4.79 Å². The van der Waals surface area contributed by atoms with E-state index >= 15 is 0 Å². The average Bonchev–Trinajstić information content (AvgIpc) is 2.55. The maximum Gasteiger partial charge on any atom is 0.253 e. The van der Waals surface area contributed by atoms with Gasteiger partial charge in [0.2, 0.25) is 0 Å². The molecular weight excluding hydrogens is 349 g/mol. The molecule has 132 valence electrons. The number of unbranched alkanes of at least 4 members (excludes halogenated alkanes) is 1. The summed E-state index contributed by atoms with van der Waals surface area (Å²) in [5, 5.41) is 2.89. The summed E-state index contributed by atoms with van der Waals surface area (Å²) in [7, 11) is 1.56. The van der Waals surface area contributed by atoms with E-state index in [2.05, 4.69) is 16.4 Å². The topological polar surface area (TPSA) is 77.2 Å². The van der Waals surface area contributed by atoms with Crippen LogP contribution in [0.1, 0.15) is 28.8 Å². The van der Waals surface area contributed by atoms with Gasteiger partial charge in [0.25, 0.3) is 5.91 Å². The number of hydrogen-bond donors (Lipinski definition) is 2. The lowest BCUT2D eigenvalue weighted by molar-refractivity contribution is 0.0953. The summed E-state index contributed by atoms with van der Waals surface area (Å²) in [6.45, 7) is 0.621. The molecule has 1 amide bonds. The summed E-state index contributed by atoms with van der Waals surface area (Å²) in [5.74, 6) is 0.453. The van der Waals surface area contributed by atoms with Gasteiger partial charge in [-0.3, -0.25) is 9.78 Å². The number of aryl methyl sites for hydroxylation is 1. The van der Waals surface area contributed by atoms with Crippen LogP contribution in [0.2, 0.25) is 0 Å². The van der Waals surface area contributed by atoms with Gasteiger partial charge in [-0.15, -0.1) is 24.8 Å². The summed E-state index contributed by atoms with van der Waals surface area (Å²) in [5.41, 5.74) is 7.94. The molecule has 0 atom stereocenters. The van der Waals surface area contributed by atoms with E-state index < -0.39 is 0 Å². The van der Waals surface area contributed by atoms with Gasteiger partial charge in [0, 0.05) is 24.6 Å². The van der Waals surface area contributed by atoms with Crippen LogP contribution in [0.5, 0.6) is 5.75 Å². The minimum Gasteiger partial charge on any atom is -0.497 e. The normalized spacial score (nSPS) is 9.38. The quantitative estimate of drug-likeness (QED) is 0.578. The second-order valence-corrected chi connectivity index (χ2v) is 5.03. The highest BCUT2D eigenvalue weighted by atomic mass is 35.5. The molecule has 0 fully saturated rings. The Bertz CT molecular complexity index is 624. The molecular formula is C17H23Cl2N3O2. The highest BCUT2D eigenvalue weighted by Crippen LogP contribution is 2.19. The molecule has 0 bridgehead atoms. The van der Waals surface area contributed by atoms with Gasteiger partial charge in [-0.05, 0) is 49.1 Å². The number of nitrogens with one attached hydrogen (secondary N) is 1. The van der Waals surface area contributed by atoms with E-state index in [1.54, 1.807) is 31.5 Å². The lowest BCUT2D eigenvalue weighted by Gasteiger charge is -2.09. The smallest absolute Gasteiger partial charge is 0.253 e. The summed E-state index contributed by atoms with van der Waals surface area (Å²) in [4.78, 5) is 16.2. The molecule has 5 nitrogen and oxygen atoms in total. The highest BCUT2D eigenvalue weighted by molar-refractivity contribution is 5.99. The van der Waals surface area contributed by atoms with Gasteiger partial charge in [-0.1, -0.05) is 6.07 Å². The van der Waals surface area contributed by atoms with Crippen molar-refractivity contribution in [2.45, 2.75) is 19.3 Å². The highest BCUT2D eigenvalue weighted by Gasteiger charge is 2.10. The Morgan fingerprint density at radius 1 is 1.25 bits per heavy atom. The Kier molecular flexibility index (Phi) is 10.6. The van der Waals surface area contributed by atoms with Gasteiger partial charge >= 0.3 is 0 Å². The zero-order chi connectivity index (χ0) is 15.8. The van der Waals surface area contributed by atoms with Gasteiger partial charge in [0.15, 0.2) is 0 Å². The molecule has 7 heteroatoms. The fraction of sp³-hybridized carbons (Fsp3) is 0.294. The Labute approximate surface area is 154 Å². The first-order valence-corrected chi connectivity index (χ1v) is 7.31. The van der Waals surface area contributed by atoms with E-state index in [0.29, 0.717) is 23.5 Å². The lowest BCUT2D eigenvalue weighted by Crippen LogP contribution is -2.25. The van der Waals surface area contributed by atoms with Crippen LogP contribution in [0.25, 0.3) is 0 Å². The zero-order valence-corrected chi connectivity index (χ0v) is 15.2. The molecule has 24 heavy (non-hydrogen) atoms. The van der Waals surface area contributed by atoms with Crippen molar-refractivity contribution in [2.24, 2.45) is 0 Å². The molecule has 2 rings (SSSR count). The van der Waals surface area contributed by atoms with Crippen LogP contribution in [0.15, 0.2) is 42.7 Å². The SMILES string of the molecule is COc1ccc(N)c(C(=O)NCCCCc2cccnc2)c1.Cl.Cl. The fourth-order valence-corrected chi connectivity index (χ4v) is 2.16. The number of nitrogens with two attached hydrogens (primary N) is 1. The number of aromatic nitrogens is 1. The van der Waals surface area contributed by atoms with Gasteiger partial charge in [-0.2, -0.15) is 0 Å². The third-order valence-electron chi connectivity index (χ3n) is 3.41. The minimum atomic E-state index is -0.169. The maximum absolute atomic E-state index is 12.1. The molecule has 0 aliphatic carbocycles. The number of amides is 1. The molecule has 0 saturated heterocycles. The van der Waals surface area contributed by atoms with Gasteiger partial charge in [0.1, 0.15) is 5.75 Å². The van der Waals surface area contributed by atoms with Gasteiger partial charge < -0.3 is 15.8 Å². The van der Waals surface area contributed by atoms with Crippen molar-refractivity contribution in [1.29, 1.82) is 0 Å². The van der Waals surface area contributed by atoms with Crippen LogP contribution in [-0.2, 0) is 6.42 Å². The summed E-state index contributed by atoms with van der Waals surface area (Å²) in [6.07, 6.45) is 6.51. The Hall–Kier alpha value is -1.98. The molecule has 2 aromatic rings. The van der Waals surface area contributed by atoms with E-state index in [1.165, 1.54) is 5.56 Å². The van der Waals surface area contributed by atoms with Crippen LogP contribution >= 0.6 is 24.8 Å². The van der Waals surface area contributed by atoms with Crippen LogP contribution < -0.4 is 15.8 Å². The molecule has 1 aromatic heterocycles. The second kappa shape index (κ2) is 11.5. The van der Waals surface area contributed by atoms with E-state index in [1.807, 2.05) is 12.3 Å². The van der Waals surface area contributed by atoms with Crippen molar-refractivity contribution in [3.8, 4) is 5.75 Å². The number of rotatable bonds is 7. The van der Waals surface area contributed by atoms with Crippen molar-refractivity contribution in [3.63, 3.8) is 0 Å². The molecule has 3 N–H and O–H groups in total. The molecule has 0 spiro atoms. The number of hydrogen-bond acceptors (Lipinski definition) is 4. The minimum absolute atomic E-state index is 0. The van der Waals surface area contributed by atoms with Crippen LogP contribution in [0.3, 0.4) is 0 Å². The molecule has 1 aromatic carbocycles. The number of nitrogen functional groups attached to an aromatic ring is 1. The number of pyridine rings is 1. The predicted molar refractivity (Wildman–Crippen MR) is 101 cm³/mol. The fourth-order valence-electron chi connectivity index (χ4n) is 2.16. The largest absolute Gasteiger partial charge is 0.497 e. The van der Waals surface area contributed by atoms with Crippen molar-refractivity contribution >= 4 is 36.4 Å². The standard InChI is InChI=1S/C17H21N3O2.2ClH/c1-22-14-7-8-16(18)15(11-14)17(21)20-10-3-2-5-13-6-4-9-19-12-13;;/h4,6-9,11-12H,2-3,5,10,18H2,1H3,(H,20,21);2*1H. The third-order valence-corrected chi connectivity index (χ3v) is 3.41. The van der Waals surface area contributed by atoms with Crippen molar-refractivity contribution in [3.05, 3.63) is 53.9 Å². The average molecular weight is 372 g/mol. The first-order valence-electron chi connectivity index (χ1n) is 7.31. The number of carbonyl (C=O) groups excluding carboxylic acids is 1. The summed E-state index contributed by atoms with van der Waals surface area (Å²) < 4.78 is 5.11. The summed E-state index contributed by atoms with van der Waals surface area (Å²) >= 11 is 0. The Morgan fingerprint density at radius 3 is 2.71 bits per heavy atom. The lowest BCUT2D eigenvalue weighted by atomic mass is 10.1. The maximum atomic E-state index is 12.1. The molecule has 0 saturated carbocycles. The first kappa shape index (κ1) is 22.0. The van der Waals surface area contributed by atoms with Gasteiger partial charge in [0.05, 0.1) is 12.7 Å². The number of methoxy groups -OCH3 is 1. The molecule has 0 aliphatic heterocycles. The van der Waals surface area contributed by atoms with Crippen LogP contribution in [0, 0.1) is 0 Å². The van der Waals surface area contributed by atoms with Crippen LogP contribution in [-0.4, -0.2) is 24.5 Å². The van der Waals surface area contributed by atoms with E-state index in [4.69, 9.17) is 10.5 Å². The number of nitrogens with zero attached hydrogens (tertiary/aromatic N) is 1. The van der Waals surface area contributed by atoms with E-state index in [-0.39, 0.29) is 30.7 Å². The zero-order valence-electron chi connectivity index (χ0n) is 13.5. The third kappa shape index (κ3) is 6.64. The van der Waals surface area contributed by atoms with Crippen molar-refractivity contribution < 1.29 is 9.53 Å².